The Morgan fingerprint density at radius 1 is 1.61 bits per heavy atom. The number of aryl methyl sites for hydroxylation is 1. The maximum atomic E-state index is 10.9. The van der Waals surface area contributed by atoms with Crippen LogP contribution in [0.2, 0.25) is 0 Å². The number of nitrogens with one attached hydrogen (secondary N) is 1. The van der Waals surface area contributed by atoms with Gasteiger partial charge in [-0.25, -0.2) is 0 Å². The van der Waals surface area contributed by atoms with Gasteiger partial charge in [-0.3, -0.25) is 15.2 Å². The van der Waals surface area contributed by atoms with Crippen LogP contribution in [0.25, 0.3) is 0 Å². The molecule has 0 radical (unpaired) electrons. The SMILES string of the molecule is CCCc1[nH]nc2c1[C@@H](c1ccc([N+](=O)[O-])s1)C(C#N)=C(N)O2. The van der Waals surface area contributed by atoms with Gasteiger partial charge in [0.1, 0.15) is 11.6 Å². The van der Waals surface area contributed by atoms with E-state index >= 15 is 0 Å². The Kier molecular flexibility index (Phi) is 3.75. The van der Waals surface area contributed by atoms with Crippen LogP contribution >= 0.6 is 11.3 Å². The number of fused-ring (bicyclic) bond motifs is 1. The zero-order valence-electron chi connectivity index (χ0n) is 12.2. The molecule has 0 fully saturated rings. The number of aromatic nitrogens is 2. The van der Waals surface area contributed by atoms with E-state index in [1.807, 2.05) is 6.92 Å². The molecule has 9 heteroatoms. The molecule has 0 bridgehead atoms. The Hall–Kier alpha value is -2.86. The Labute approximate surface area is 135 Å². The number of nitro groups is 1. The van der Waals surface area contributed by atoms with Crippen molar-refractivity contribution in [3.8, 4) is 11.9 Å². The number of thiophene rings is 1. The molecule has 3 N–H and O–H groups in total. The number of H-pyrrole nitrogens is 1. The van der Waals surface area contributed by atoms with E-state index in [0.717, 1.165) is 35.4 Å². The number of aromatic amines is 1. The molecular weight excluding hydrogens is 318 g/mol. The molecule has 0 saturated carbocycles. The highest BCUT2D eigenvalue weighted by molar-refractivity contribution is 7.15. The van der Waals surface area contributed by atoms with Crippen LogP contribution in [0.5, 0.6) is 5.88 Å². The summed E-state index contributed by atoms with van der Waals surface area (Å²) in [6.45, 7) is 2.03. The van der Waals surface area contributed by atoms with Crippen LogP contribution in [0.1, 0.15) is 35.4 Å². The minimum absolute atomic E-state index is 0.0180. The molecule has 0 spiro atoms. The second kappa shape index (κ2) is 5.73. The zero-order valence-corrected chi connectivity index (χ0v) is 13.0. The highest BCUT2D eigenvalue weighted by Crippen LogP contribution is 2.46. The predicted molar refractivity (Wildman–Crippen MR) is 82.9 cm³/mol. The van der Waals surface area contributed by atoms with E-state index in [0.29, 0.717) is 10.8 Å². The predicted octanol–water partition coefficient (Wildman–Crippen LogP) is 2.55. The van der Waals surface area contributed by atoms with E-state index in [4.69, 9.17) is 10.5 Å². The first-order valence-electron chi connectivity index (χ1n) is 6.95. The van der Waals surface area contributed by atoms with Crippen LogP contribution < -0.4 is 10.5 Å². The summed E-state index contributed by atoms with van der Waals surface area (Å²) in [7, 11) is 0. The third kappa shape index (κ3) is 2.43. The lowest BCUT2D eigenvalue weighted by molar-refractivity contribution is -0.380. The Balaban J connectivity index is 2.17. The van der Waals surface area contributed by atoms with E-state index in [-0.39, 0.29) is 16.5 Å². The van der Waals surface area contributed by atoms with Crippen LogP contribution in [-0.4, -0.2) is 15.1 Å². The second-order valence-corrected chi connectivity index (χ2v) is 6.12. The van der Waals surface area contributed by atoms with Gasteiger partial charge >= 0.3 is 5.00 Å². The van der Waals surface area contributed by atoms with E-state index in [1.54, 1.807) is 6.07 Å². The van der Waals surface area contributed by atoms with Gasteiger partial charge in [0.05, 0.1) is 16.4 Å². The van der Waals surface area contributed by atoms with E-state index in [1.165, 1.54) is 6.07 Å². The average Bonchev–Trinajstić information content (AvgIpc) is 3.14. The number of nitrogens with two attached hydrogens (primary N) is 1. The molecule has 0 saturated heterocycles. The minimum atomic E-state index is -0.497. The Bertz CT molecular complexity index is 845. The fraction of sp³-hybridized carbons (Fsp3) is 0.286. The van der Waals surface area contributed by atoms with Gasteiger partial charge < -0.3 is 10.5 Å². The van der Waals surface area contributed by atoms with Crippen molar-refractivity contribution in [3.05, 3.63) is 49.8 Å². The lowest BCUT2D eigenvalue weighted by atomic mass is 9.88. The van der Waals surface area contributed by atoms with Gasteiger partial charge in [-0.15, -0.1) is 5.10 Å². The smallest absolute Gasteiger partial charge is 0.324 e. The van der Waals surface area contributed by atoms with Gasteiger partial charge in [-0.2, -0.15) is 5.26 Å². The molecule has 118 valence electrons. The first-order valence-corrected chi connectivity index (χ1v) is 7.77. The van der Waals surface area contributed by atoms with Gasteiger partial charge in [0.25, 0.3) is 0 Å². The molecule has 2 aromatic rings. The lowest BCUT2D eigenvalue weighted by Crippen LogP contribution is -2.20. The summed E-state index contributed by atoms with van der Waals surface area (Å²) in [6, 6.07) is 5.14. The number of nitrogens with zero attached hydrogens (tertiary/aromatic N) is 3. The summed E-state index contributed by atoms with van der Waals surface area (Å²) in [6.07, 6.45) is 1.61. The fourth-order valence-electron chi connectivity index (χ4n) is 2.63. The summed E-state index contributed by atoms with van der Waals surface area (Å²) < 4.78 is 5.43. The highest BCUT2D eigenvalue weighted by atomic mass is 32.1. The van der Waals surface area contributed by atoms with E-state index in [2.05, 4.69) is 16.3 Å². The molecule has 23 heavy (non-hydrogen) atoms. The van der Waals surface area contributed by atoms with Crippen LogP contribution in [0, 0.1) is 21.4 Å². The number of ether oxygens (including phenoxy) is 1. The summed E-state index contributed by atoms with van der Waals surface area (Å²) in [5.74, 6) is -0.190. The van der Waals surface area contributed by atoms with Crippen LogP contribution in [0.4, 0.5) is 5.00 Å². The van der Waals surface area contributed by atoms with Crippen molar-refractivity contribution in [3.63, 3.8) is 0 Å². The molecule has 0 amide bonds. The number of hydrogen-bond donors (Lipinski definition) is 2. The van der Waals surface area contributed by atoms with Gasteiger partial charge in [0, 0.05) is 16.6 Å². The van der Waals surface area contributed by atoms with Crippen LogP contribution in [0.15, 0.2) is 23.6 Å². The largest absolute Gasteiger partial charge is 0.420 e. The molecule has 2 aromatic heterocycles. The van der Waals surface area contributed by atoms with Gasteiger partial charge in [-0.1, -0.05) is 24.7 Å². The third-order valence-electron chi connectivity index (χ3n) is 3.59. The molecule has 3 rings (SSSR count). The quantitative estimate of drug-likeness (QED) is 0.654. The number of allylic oxidation sites excluding steroid dienone is 1. The van der Waals surface area contributed by atoms with Crippen molar-refractivity contribution >= 4 is 16.3 Å². The van der Waals surface area contributed by atoms with Crippen LogP contribution in [0.3, 0.4) is 0 Å². The monoisotopic (exact) mass is 331 g/mol. The Morgan fingerprint density at radius 2 is 2.39 bits per heavy atom. The van der Waals surface area contributed by atoms with Crippen molar-refractivity contribution in [2.75, 3.05) is 0 Å². The normalized spacial score (nSPS) is 16.6. The zero-order chi connectivity index (χ0) is 16.6. The molecule has 0 aliphatic carbocycles. The van der Waals surface area contributed by atoms with E-state index in [9.17, 15) is 15.4 Å². The fourth-order valence-corrected chi connectivity index (χ4v) is 3.57. The topological polar surface area (TPSA) is 131 Å². The van der Waals surface area contributed by atoms with Gasteiger partial charge in [0.15, 0.2) is 0 Å². The second-order valence-electron chi connectivity index (χ2n) is 5.03. The molecular formula is C14H13N5O3S. The van der Waals surface area contributed by atoms with Crippen molar-refractivity contribution in [1.29, 1.82) is 5.26 Å². The number of rotatable bonds is 4. The van der Waals surface area contributed by atoms with Crippen molar-refractivity contribution < 1.29 is 9.66 Å². The standard InChI is InChI=1S/C14H13N5O3S/c1-2-3-8-12-11(9-4-5-10(23-9)19(20)21)7(6-15)13(16)22-14(12)18-17-8/h4-5,11H,2-3,16H2,1H3,(H,17,18)/t11-/m1/s1. The molecule has 1 aliphatic heterocycles. The number of nitriles is 1. The molecule has 8 nitrogen and oxygen atoms in total. The molecule has 1 atom stereocenters. The summed E-state index contributed by atoms with van der Waals surface area (Å²) >= 11 is 1.03. The first kappa shape index (κ1) is 15.1. The average molecular weight is 331 g/mol. The molecule has 0 aromatic carbocycles. The Morgan fingerprint density at radius 3 is 3.00 bits per heavy atom. The van der Waals surface area contributed by atoms with Crippen LogP contribution in [-0.2, 0) is 6.42 Å². The summed E-state index contributed by atoms with van der Waals surface area (Å²) in [5, 5.41) is 27.5. The van der Waals surface area contributed by atoms with Crippen molar-refractivity contribution in [2.24, 2.45) is 5.73 Å². The van der Waals surface area contributed by atoms with Gasteiger partial charge in [-0.05, 0) is 12.5 Å². The molecule has 3 heterocycles. The first-order chi connectivity index (χ1) is 11.1. The maximum Gasteiger partial charge on any atom is 0.324 e. The lowest BCUT2D eigenvalue weighted by Gasteiger charge is -2.22. The highest BCUT2D eigenvalue weighted by Gasteiger charge is 2.36. The molecule has 1 aliphatic rings. The van der Waals surface area contributed by atoms with Crippen molar-refractivity contribution in [1.82, 2.24) is 10.2 Å². The maximum absolute atomic E-state index is 10.9. The summed E-state index contributed by atoms with van der Waals surface area (Å²) in [4.78, 5) is 11.2. The minimum Gasteiger partial charge on any atom is -0.420 e. The van der Waals surface area contributed by atoms with Gasteiger partial charge in [0.2, 0.25) is 11.8 Å². The van der Waals surface area contributed by atoms with Crippen molar-refractivity contribution in [2.45, 2.75) is 25.7 Å². The number of hydrogen-bond acceptors (Lipinski definition) is 7. The van der Waals surface area contributed by atoms with E-state index < -0.39 is 10.8 Å². The summed E-state index contributed by atoms with van der Waals surface area (Å²) in [5.41, 5.74) is 7.66. The molecule has 0 unspecified atom stereocenters. The third-order valence-corrected chi connectivity index (χ3v) is 4.70.